The van der Waals surface area contributed by atoms with Crippen LogP contribution in [0.2, 0.25) is 0 Å². The molecular formula is C45H50N2O6S. The number of hydrogen-bond donors (Lipinski definition) is 3. The SMILES string of the molecule is C#CC1(O)CCC2C3CCC4=Cc5oncc5CC4(C)C3CCC21C.CN1CCC(=C2c3ccccc3Sc3ccccc32)CC1.O=C(O)C=CC(=O)O. The molecule has 0 spiro atoms. The number of terminal acetylenes is 1. The number of carboxylic acid groups (broad SMARTS) is 2. The van der Waals surface area contributed by atoms with Crippen molar-refractivity contribution in [1.82, 2.24) is 10.1 Å². The van der Waals surface area contributed by atoms with Crippen LogP contribution in [0.4, 0.5) is 0 Å². The number of hydrogen-bond acceptors (Lipinski definition) is 7. The Morgan fingerprint density at radius 2 is 1.54 bits per heavy atom. The zero-order chi connectivity index (χ0) is 38.3. The highest BCUT2D eigenvalue weighted by Crippen LogP contribution is 2.67. The molecule has 0 bridgehead atoms. The van der Waals surface area contributed by atoms with Gasteiger partial charge in [0.25, 0.3) is 0 Å². The standard InChI is InChI=1S/C22H27NO2.C19H19NS.C4H4O4/c1-4-22(24)10-8-18-16-6-5-15-11-19-14(13-23-25-19)12-20(15,2)17(16)7-9-21(18,22)3;1-20-12-10-14(11-13-20)19-15-6-2-4-8-17(15)21-18-9-5-3-7-16(18)19;5-3(6)1-2-4(7)8/h1,11,13,16-18,24H,5-10,12H2,2-3H3;2-9H,10-13H2,1H3;1-2H,(H,5,6)(H,7,8). The third-order valence-electron chi connectivity index (χ3n) is 13.5. The van der Waals surface area contributed by atoms with E-state index in [1.54, 1.807) is 11.1 Å². The summed E-state index contributed by atoms with van der Waals surface area (Å²) >= 11 is 1.91. The van der Waals surface area contributed by atoms with Crippen LogP contribution in [0, 0.1) is 40.9 Å². The average Bonchev–Trinajstić information content (AvgIpc) is 3.73. The minimum Gasteiger partial charge on any atom is -0.478 e. The zero-order valence-corrected chi connectivity index (χ0v) is 32.2. The molecule has 3 N–H and O–H groups in total. The van der Waals surface area contributed by atoms with Crippen LogP contribution in [0.25, 0.3) is 11.6 Å². The number of aliphatic carboxylic acids is 2. The summed E-state index contributed by atoms with van der Waals surface area (Å²) in [6.45, 7) is 7.07. The first-order valence-electron chi connectivity index (χ1n) is 19.1. The van der Waals surface area contributed by atoms with E-state index in [9.17, 15) is 14.7 Å². The number of aliphatic hydroxyl groups is 1. The Morgan fingerprint density at radius 3 is 2.15 bits per heavy atom. The van der Waals surface area contributed by atoms with E-state index in [1.807, 2.05) is 18.0 Å². The lowest BCUT2D eigenvalue weighted by Gasteiger charge is -2.58. The lowest BCUT2D eigenvalue weighted by atomic mass is 9.46. The first-order valence-corrected chi connectivity index (χ1v) is 19.9. The molecule has 3 aromatic rings. The molecule has 6 aliphatic rings. The molecule has 1 aromatic heterocycles. The maximum absolute atomic E-state index is 11.1. The Bertz CT molecular complexity index is 2000. The maximum Gasteiger partial charge on any atom is 0.328 e. The summed E-state index contributed by atoms with van der Waals surface area (Å²) in [5.41, 5.74) is 7.99. The Labute approximate surface area is 322 Å². The van der Waals surface area contributed by atoms with Gasteiger partial charge in [-0.2, -0.15) is 0 Å². The predicted molar refractivity (Wildman–Crippen MR) is 211 cm³/mol. The number of nitrogens with zero attached hydrogens (tertiary/aromatic N) is 2. The largest absolute Gasteiger partial charge is 0.478 e. The number of carbonyl (C=O) groups is 2. The highest BCUT2D eigenvalue weighted by Gasteiger charge is 2.63. The van der Waals surface area contributed by atoms with Gasteiger partial charge in [-0.1, -0.05) is 84.2 Å². The van der Waals surface area contributed by atoms with E-state index < -0.39 is 17.5 Å². The van der Waals surface area contributed by atoms with E-state index in [4.69, 9.17) is 21.2 Å². The van der Waals surface area contributed by atoms with Crippen molar-refractivity contribution in [3.8, 4) is 12.3 Å². The van der Waals surface area contributed by atoms with Crippen LogP contribution < -0.4 is 0 Å². The van der Waals surface area contributed by atoms with Crippen molar-refractivity contribution >= 4 is 35.3 Å². The minimum absolute atomic E-state index is 0.114. The molecule has 4 fully saturated rings. The molecule has 9 rings (SSSR count). The number of benzene rings is 2. The molecular weight excluding hydrogens is 697 g/mol. The number of rotatable bonds is 2. The van der Waals surface area contributed by atoms with Crippen molar-refractivity contribution in [2.75, 3.05) is 20.1 Å². The highest BCUT2D eigenvalue weighted by molar-refractivity contribution is 7.99. The van der Waals surface area contributed by atoms with Crippen molar-refractivity contribution in [2.45, 2.75) is 87.0 Å². The van der Waals surface area contributed by atoms with Crippen LogP contribution >= 0.6 is 11.8 Å². The Balaban J connectivity index is 0.000000141. The second kappa shape index (κ2) is 15.1. The minimum atomic E-state index is -1.26. The van der Waals surface area contributed by atoms with E-state index in [-0.39, 0.29) is 10.8 Å². The first kappa shape index (κ1) is 37.9. The van der Waals surface area contributed by atoms with Crippen LogP contribution in [0.1, 0.15) is 87.7 Å². The van der Waals surface area contributed by atoms with Gasteiger partial charge in [0.1, 0.15) is 5.60 Å². The van der Waals surface area contributed by atoms with Gasteiger partial charge in [-0.15, -0.1) is 6.42 Å². The fourth-order valence-electron chi connectivity index (χ4n) is 10.6. The van der Waals surface area contributed by atoms with Crippen LogP contribution in [0.15, 0.2) is 92.3 Å². The van der Waals surface area contributed by atoms with Gasteiger partial charge in [0.05, 0.1) is 6.20 Å². The second-order valence-electron chi connectivity index (χ2n) is 16.3. The molecule has 4 aliphatic carbocycles. The van der Waals surface area contributed by atoms with Crippen molar-refractivity contribution in [2.24, 2.45) is 28.6 Å². The lowest BCUT2D eigenvalue weighted by Crippen LogP contribution is -2.54. The van der Waals surface area contributed by atoms with E-state index >= 15 is 0 Å². The summed E-state index contributed by atoms with van der Waals surface area (Å²) < 4.78 is 5.43. The Kier molecular flexibility index (Phi) is 10.6. The second-order valence-corrected chi connectivity index (χ2v) is 17.4. The van der Waals surface area contributed by atoms with Crippen LogP contribution in [-0.2, 0) is 16.0 Å². The molecule has 3 heterocycles. The first-order chi connectivity index (χ1) is 25.9. The Hall–Kier alpha value is -4.36. The molecule has 6 unspecified atom stereocenters. The van der Waals surface area contributed by atoms with Gasteiger partial charge < -0.3 is 24.7 Å². The summed E-state index contributed by atoms with van der Waals surface area (Å²) in [5, 5.41) is 30.7. The van der Waals surface area contributed by atoms with Crippen LogP contribution in [-0.4, -0.2) is 63.1 Å². The fraction of sp³-hybridized carbons (Fsp3) is 0.444. The molecule has 282 valence electrons. The van der Waals surface area contributed by atoms with Crippen LogP contribution in [0.5, 0.6) is 0 Å². The van der Waals surface area contributed by atoms with Crippen molar-refractivity contribution in [1.29, 1.82) is 0 Å². The monoisotopic (exact) mass is 746 g/mol. The lowest BCUT2D eigenvalue weighted by molar-refractivity contribution is -0.134. The normalized spacial score (nSPS) is 30.6. The molecule has 2 aliphatic heterocycles. The van der Waals surface area contributed by atoms with Gasteiger partial charge in [0.2, 0.25) is 0 Å². The van der Waals surface area contributed by atoms with Gasteiger partial charge in [-0.05, 0) is 123 Å². The highest BCUT2D eigenvalue weighted by atomic mass is 32.2. The summed E-state index contributed by atoms with van der Waals surface area (Å²) in [6.07, 6.45) is 20.9. The summed E-state index contributed by atoms with van der Waals surface area (Å²) in [4.78, 5) is 24.3. The van der Waals surface area contributed by atoms with Crippen LogP contribution in [0.3, 0.4) is 0 Å². The number of carboxylic acids is 2. The molecule has 6 atom stereocenters. The molecule has 0 radical (unpaired) electrons. The van der Waals surface area contributed by atoms with Crippen molar-refractivity contribution in [3.05, 3.63) is 100 Å². The average molecular weight is 747 g/mol. The fourth-order valence-corrected chi connectivity index (χ4v) is 11.7. The van der Waals surface area contributed by atoms with Crippen molar-refractivity contribution < 1.29 is 29.4 Å². The number of likely N-dealkylation sites (tertiary alicyclic amines) is 1. The summed E-state index contributed by atoms with van der Waals surface area (Å²) in [6, 6.07) is 17.7. The predicted octanol–water partition coefficient (Wildman–Crippen LogP) is 8.61. The number of allylic oxidation sites excluding steroid dienone is 1. The summed E-state index contributed by atoms with van der Waals surface area (Å²) in [7, 11) is 2.22. The van der Waals surface area contributed by atoms with Crippen molar-refractivity contribution in [3.63, 3.8) is 0 Å². The van der Waals surface area contributed by atoms with Gasteiger partial charge >= 0.3 is 11.9 Å². The molecule has 1 saturated heterocycles. The molecule has 54 heavy (non-hydrogen) atoms. The number of aromatic nitrogens is 1. The smallest absolute Gasteiger partial charge is 0.328 e. The molecule has 8 nitrogen and oxygen atoms in total. The third kappa shape index (κ3) is 6.89. The van der Waals surface area contributed by atoms with E-state index in [1.165, 1.54) is 64.4 Å². The topological polar surface area (TPSA) is 124 Å². The van der Waals surface area contributed by atoms with Gasteiger partial charge in [0, 0.05) is 46.0 Å². The zero-order valence-electron chi connectivity index (χ0n) is 31.4. The Morgan fingerprint density at radius 1 is 0.926 bits per heavy atom. The van der Waals surface area contributed by atoms with Gasteiger partial charge in [-0.25, -0.2) is 9.59 Å². The van der Waals surface area contributed by atoms with E-state index in [0.29, 0.717) is 29.9 Å². The molecule has 2 aromatic carbocycles. The van der Waals surface area contributed by atoms with Gasteiger partial charge in [0.15, 0.2) is 5.76 Å². The summed E-state index contributed by atoms with van der Waals surface area (Å²) in [5.74, 6) is 3.12. The van der Waals surface area contributed by atoms with Gasteiger partial charge in [-0.3, -0.25) is 0 Å². The molecule has 9 heteroatoms. The quantitative estimate of drug-likeness (QED) is 0.137. The van der Waals surface area contributed by atoms with E-state index in [0.717, 1.165) is 44.3 Å². The third-order valence-corrected chi connectivity index (χ3v) is 14.7. The molecule has 3 saturated carbocycles. The molecule has 0 amide bonds. The van der Waals surface area contributed by atoms with E-state index in [2.05, 4.69) is 91.5 Å². The number of fused-ring (bicyclic) bond motifs is 8. The maximum atomic E-state index is 11.1. The number of piperidine rings is 1.